The molecule has 0 unspecified atom stereocenters. The van der Waals surface area contributed by atoms with Gasteiger partial charge in [0.1, 0.15) is 0 Å². The van der Waals surface area contributed by atoms with Crippen LogP contribution in [0.3, 0.4) is 0 Å². The Morgan fingerprint density at radius 3 is 2.65 bits per heavy atom. The summed E-state index contributed by atoms with van der Waals surface area (Å²) in [5.74, 6) is -1.44. The van der Waals surface area contributed by atoms with Crippen LogP contribution in [-0.2, 0) is 9.59 Å². The van der Waals surface area contributed by atoms with Crippen molar-refractivity contribution in [2.75, 3.05) is 11.9 Å². The minimum atomic E-state index is -0.757. The third-order valence-corrected chi connectivity index (χ3v) is 5.29. The third kappa shape index (κ3) is 3.85. The van der Waals surface area contributed by atoms with Gasteiger partial charge < -0.3 is 21.1 Å². The number of rotatable bonds is 3. The van der Waals surface area contributed by atoms with Gasteiger partial charge in [0.15, 0.2) is 0 Å². The van der Waals surface area contributed by atoms with E-state index in [1.807, 2.05) is 0 Å². The van der Waals surface area contributed by atoms with Crippen LogP contribution in [0.5, 0.6) is 0 Å². The molecule has 2 heterocycles. The number of primary amides is 1. The molecule has 2 aliphatic rings. The highest BCUT2D eigenvalue weighted by atomic mass is 16.3. The summed E-state index contributed by atoms with van der Waals surface area (Å²) in [6.45, 7) is 2.59. The number of nitrogens with one attached hydrogen (secondary N) is 1. The molecule has 8 nitrogen and oxygen atoms in total. The highest BCUT2D eigenvalue weighted by Gasteiger charge is 2.42. The molecule has 1 saturated carbocycles. The maximum absolute atomic E-state index is 12.7. The zero-order valence-electron chi connectivity index (χ0n) is 14.7. The molecule has 3 rings (SSSR count). The second-order valence-electron chi connectivity index (χ2n) is 7.37. The first kappa shape index (κ1) is 18.3. The molecular formula is C18H24N4O4. The van der Waals surface area contributed by atoms with Crippen LogP contribution in [0.15, 0.2) is 18.5 Å². The van der Waals surface area contributed by atoms with Crippen molar-refractivity contribution >= 4 is 23.4 Å². The number of carbonyl (C=O) groups excluding carboxylic acids is 3. The summed E-state index contributed by atoms with van der Waals surface area (Å²) in [5, 5.41) is 12.1. The van der Waals surface area contributed by atoms with Crippen LogP contribution in [-0.4, -0.2) is 51.4 Å². The van der Waals surface area contributed by atoms with Crippen LogP contribution in [0.4, 0.5) is 5.69 Å². The van der Waals surface area contributed by atoms with E-state index >= 15 is 0 Å². The average molecular weight is 360 g/mol. The Labute approximate surface area is 151 Å². The number of piperidine rings is 1. The number of aromatic nitrogens is 1. The smallest absolute Gasteiger partial charge is 0.313 e. The zero-order valence-corrected chi connectivity index (χ0v) is 14.7. The third-order valence-electron chi connectivity index (χ3n) is 5.29. The van der Waals surface area contributed by atoms with E-state index in [0.29, 0.717) is 25.3 Å². The van der Waals surface area contributed by atoms with Gasteiger partial charge in [-0.25, -0.2) is 0 Å². The van der Waals surface area contributed by atoms with E-state index in [9.17, 15) is 19.5 Å². The largest absolute Gasteiger partial charge is 0.393 e. The first-order valence-electron chi connectivity index (χ1n) is 8.90. The number of nitrogens with two attached hydrogens (primary N) is 1. The molecule has 1 saturated heterocycles. The lowest BCUT2D eigenvalue weighted by Crippen LogP contribution is -2.55. The van der Waals surface area contributed by atoms with Crippen molar-refractivity contribution in [3.8, 4) is 0 Å². The number of carbonyl (C=O) groups is 3. The van der Waals surface area contributed by atoms with Gasteiger partial charge in [0, 0.05) is 18.8 Å². The summed E-state index contributed by atoms with van der Waals surface area (Å²) in [7, 11) is 0. The van der Waals surface area contributed by atoms with Crippen LogP contribution in [0.25, 0.3) is 0 Å². The Kier molecular flexibility index (Phi) is 5.22. The molecule has 3 amide bonds. The van der Waals surface area contributed by atoms with Gasteiger partial charge in [-0.15, -0.1) is 0 Å². The second kappa shape index (κ2) is 7.41. The van der Waals surface area contributed by atoms with Gasteiger partial charge in [0.05, 0.1) is 23.6 Å². The molecule has 1 aliphatic carbocycles. The molecule has 2 fully saturated rings. The number of pyridine rings is 1. The number of amides is 3. The SMILES string of the molecule is C[C@H]1CC[C@H]([C@H]2C[C@H](O)C2)N(C(=O)C(=O)Nc2cncc(C(N)=O)c2)C1. The van der Waals surface area contributed by atoms with Crippen molar-refractivity contribution in [2.24, 2.45) is 17.6 Å². The molecule has 1 aromatic rings. The van der Waals surface area contributed by atoms with Crippen molar-refractivity contribution in [1.82, 2.24) is 9.88 Å². The fourth-order valence-electron chi connectivity index (χ4n) is 3.80. The number of likely N-dealkylation sites (tertiary alicyclic amines) is 1. The molecule has 4 N–H and O–H groups in total. The first-order valence-corrected chi connectivity index (χ1v) is 8.90. The van der Waals surface area contributed by atoms with E-state index in [4.69, 9.17) is 5.73 Å². The van der Waals surface area contributed by atoms with E-state index in [1.165, 1.54) is 18.5 Å². The van der Waals surface area contributed by atoms with Crippen molar-refractivity contribution in [3.63, 3.8) is 0 Å². The van der Waals surface area contributed by atoms with Gasteiger partial charge in [0.25, 0.3) is 0 Å². The van der Waals surface area contributed by atoms with Crippen LogP contribution in [0.1, 0.15) is 43.0 Å². The summed E-state index contributed by atoms with van der Waals surface area (Å²) in [5.41, 5.74) is 5.61. The molecule has 0 aromatic carbocycles. The number of anilines is 1. The summed E-state index contributed by atoms with van der Waals surface area (Å²) in [4.78, 5) is 41.9. The monoisotopic (exact) mass is 360 g/mol. The lowest BCUT2D eigenvalue weighted by molar-refractivity contribution is -0.149. The number of hydrogen-bond donors (Lipinski definition) is 3. The second-order valence-corrected chi connectivity index (χ2v) is 7.37. The normalized spacial score (nSPS) is 28.2. The fourth-order valence-corrected chi connectivity index (χ4v) is 3.80. The van der Waals surface area contributed by atoms with E-state index in [1.54, 1.807) is 4.90 Å². The summed E-state index contributed by atoms with van der Waals surface area (Å²) in [6.07, 6.45) is 5.56. The minimum absolute atomic E-state index is 0.0112. The molecule has 26 heavy (non-hydrogen) atoms. The summed E-state index contributed by atoms with van der Waals surface area (Å²) in [6, 6.07) is 1.38. The van der Waals surface area contributed by atoms with Gasteiger partial charge in [0.2, 0.25) is 5.91 Å². The highest BCUT2D eigenvalue weighted by Crippen LogP contribution is 2.38. The van der Waals surface area contributed by atoms with Gasteiger partial charge in [-0.1, -0.05) is 6.92 Å². The molecule has 8 heteroatoms. The molecule has 0 bridgehead atoms. The van der Waals surface area contributed by atoms with Crippen LogP contribution in [0.2, 0.25) is 0 Å². The van der Waals surface area contributed by atoms with Crippen LogP contribution < -0.4 is 11.1 Å². The fraction of sp³-hybridized carbons (Fsp3) is 0.556. The maximum atomic E-state index is 12.7. The van der Waals surface area contributed by atoms with Crippen LogP contribution in [0, 0.1) is 11.8 Å². The summed E-state index contributed by atoms with van der Waals surface area (Å²) >= 11 is 0. The number of aliphatic hydroxyl groups is 1. The Morgan fingerprint density at radius 2 is 2.00 bits per heavy atom. The highest BCUT2D eigenvalue weighted by molar-refractivity contribution is 6.39. The Morgan fingerprint density at radius 1 is 1.27 bits per heavy atom. The van der Waals surface area contributed by atoms with Gasteiger partial charge in [-0.2, -0.15) is 0 Å². The van der Waals surface area contributed by atoms with Crippen molar-refractivity contribution < 1.29 is 19.5 Å². The minimum Gasteiger partial charge on any atom is -0.393 e. The lowest BCUT2D eigenvalue weighted by atomic mass is 9.73. The molecule has 2 atom stereocenters. The predicted molar refractivity (Wildman–Crippen MR) is 94.0 cm³/mol. The number of aliphatic hydroxyl groups excluding tert-OH is 1. The molecule has 140 valence electrons. The quantitative estimate of drug-likeness (QED) is 0.678. The van der Waals surface area contributed by atoms with E-state index in [-0.39, 0.29) is 29.3 Å². The van der Waals surface area contributed by atoms with Gasteiger partial charge in [-0.05, 0) is 43.6 Å². The van der Waals surface area contributed by atoms with Crippen LogP contribution >= 0.6 is 0 Å². The van der Waals surface area contributed by atoms with Gasteiger partial charge in [-0.3, -0.25) is 19.4 Å². The average Bonchev–Trinajstić information content (AvgIpc) is 2.58. The Bertz CT molecular complexity index is 717. The lowest BCUT2D eigenvalue weighted by Gasteiger charge is -2.47. The predicted octanol–water partition coefficient (Wildman–Crippen LogP) is 0.517. The van der Waals surface area contributed by atoms with Crippen molar-refractivity contribution in [2.45, 2.75) is 44.8 Å². The first-order chi connectivity index (χ1) is 12.3. The van der Waals surface area contributed by atoms with E-state index in [0.717, 1.165) is 12.8 Å². The van der Waals surface area contributed by atoms with Crippen molar-refractivity contribution in [3.05, 3.63) is 24.0 Å². The Balaban J connectivity index is 1.70. The molecular weight excluding hydrogens is 336 g/mol. The molecule has 0 radical (unpaired) electrons. The zero-order chi connectivity index (χ0) is 18.8. The van der Waals surface area contributed by atoms with Gasteiger partial charge >= 0.3 is 11.8 Å². The maximum Gasteiger partial charge on any atom is 0.313 e. The van der Waals surface area contributed by atoms with E-state index in [2.05, 4.69) is 17.2 Å². The molecule has 1 aromatic heterocycles. The Hall–Kier alpha value is -2.48. The standard InChI is InChI=1S/C18H24N4O4/c1-10-2-3-15(11-5-14(23)6-11)22(9-10)18(26)17(25)21-13-4-12(16(19)24)7-20-8-13/h4,7-8,10-11,14-15,23H,2-3,5-6,9H2,1H3,(H2,19,24)(H,21,25)/t10-,11-,14-,15+/m0/s1. The number of nitrogens with zero attached hydrogens (tertiary/aromatic N) is 2. The van der Waals surface area contributed by atoms with Crippen molar-refractivity contribution in [1.29, 1.82) is 0 Å². The van der Waals surface area contributed by atoms with E-state index < -0.39 is 17.7 Å². The topological polar surface area (TPSA) is 126 Å². The molecule has 0 spiro atoms. The number of hydrogen-bond acceptors (Lipinski definition) is 5. The summed E-state index contributed by atoms with van der Waals surface area (Å²) < 4.78 is 0. The molecule has 1 aliphatic heterocycles.